The van der Waals surface area contributed by atoms with E-state index in [9.17, 15) is 4.79 Å². The molecule has 0 aliphatic heterocycles. The molecular weight excluding hydrogens is 372 g/mol. The quantitative estimate of drug-likeness (QED) is 0.215. The standard InChI is InChI=1S/C23H38O.O3S/c1-3-5-6-7-8-9-10-11-12-13-14-15-16-17-18-19-20-22-23(24)21-4-2;1-4(2)3/h8-9,11-12,14-15,17-18H,3-7,10,13,16,19-22H2,1-2H3;/b9-8-,12-11-,15-14-,18-17-;. The summed E-state index contributed by atoms with van der Waals surface area (Å²) in [6.07, 6.45) is 30.6. The number of carbonyl (C=O) groups is 1. The maximum absolute atomic E-state index is 11.4. The molecule has 0 unspecified atom stereocenters. The summed E-state index contributed by atoms with van der Waals surface area (Å²) in [6, 6.07) is 0. The molecule has 4 nitrogen and oxygen atoms in total. The molecule has 0 saturated heterocycles. The van der Waals surface area contributed by atoms with E-state index in [0.717, 1.165) is 51.4 Å². The highest BCUT2D eigenvalue weighted by Gasteiger charge is 1.97. The smallest absolute Gasteiger partial charge is 0.300 e. The van der Waals surface area contributed by atoms with Crippen molar-refractivity contribution in [3.05, 3.63) is 48.6 Å². The second-order valence-electron chi connectivity index (χ2n) is 6.47. The van der Waals surface area contributed by atoms with Crippen LogP contribution in [0.3, 0.4) is 0 Å². The molecule has 0 aliphatic carbocycles. The van der Waals surface area contributed by atoms with Crippen LogP contribution in [0.5, 0.6) is 0 Å². The van der Waals surface area contributed by atoms with Gasteiger partial charge in [-0.2, -0.15) is 0 Å². The van der Waals surface area contributed by atoms with E-state index in [0.29, 0.717) is 5.78 Å². The third-order valence-corrected chi connectivity index (χ3v) is 3.81. The van der Waals surface area contributed by atoms with Gasteiger partial charge >= 0.3 is 10.6 Å². The number of ketones is 1. The molecule has 0 aromatic rings. The van der Waals surface area contributed by atoms with Gasteiger partial charge < -0.3 is 0 Å². The average Bonchev–Trinajstić information content (AvgIpc) is 2.64. The summed E-state index contributed by atoms with van der Waals surface area (Å²) in [5.41, 5.74) is 0. The molecule has 160 valence electrons. The van der Waals surface area contributed by atoms with Crippen molar-refractivity contribution in [3.63, 3.8) is 0 Å². The van der Waals surface area contributed by atoms with Crippen LogP contribution in [0.1, 0.15) is 90.9 Å². The van der Waals surface area contributed by atoms with Crippen molar-refractivity contribution in [2.75, 3.05) is 0 Å². The number of hydrogen-bond acceptors (Lipinski definition) is 4. The molecule has 0 heterocycles. The Kier molecular flexibility index (Phi) is 25.7. The van der Waals surface area contributed by atoms with Crippen LogP contribution in [0.25, 0.3) is 0 Å². The molecule has 0 fully saturated rings. The highest BCUT2D eigenvalue weighted by molar-refractivity contribution is 7.59. The largest absolute Gasteiger partial charge is 0.425 e. The predicted molar refractivity (Wildman–Crippen MR) is 118 cm³/mol. The molecule has 5 heteroatoms. The van der Waals surface area contributed by atoms with E-state index >= 15 is 0 Å². The van der Waals surface area contributed by atoms with Gasteiger partial charge in [-0.15, -0.1) is 12.6 Å². The number of hydrogen-bond donors (Lipinski definition) is 0. The summed E-state index contributed by atoms with van der Waals surface area (Å²) < 4.78 is 25.3. The van der Waals surface area contributed by atoms with Gasteiger partial charge in [-0.3, -0.25) is 4.79 Å². The zero-order valence-corrected chi connectivity index (χ0v) is 18.5. The third-order valence-electron chi connectivity index (χ3n) is 3.81. The Bertz CT molecular complexity index is 562. The molecule has 0 saturated carbocycles. The summed E-state index contributed by atoms with van der Waals surface area (Å²) >= 11 is 0. The highest BCUT2D eigenvalue weighted by Crippen LogP contribution is 2.03. The Morgan fingerprint density at radius 3 is 1.46 bits per heavy atom. The fraction of sp³-hybridized carbons (Fsp3) is 0.609. The normalized spacial score (nSPS) is 11.5. The molecular formula is C23H38O4S. The first kappa shape index (κ1) is 28.5. The van der Waals surface area contributed by atoms with Crippen LogP contribution in [0.4, 0.5) is 0 Å². The molecule has 0 amide bonds. The number of rotatable bonds is 16. The lowest BCUT2D eigenvalue weighted by molar-refractivity contribution is -0.119. The molecule has 0 aliphatic rings. The maximum atomic E-state index is 11.4. The number of unbranched alkanes of at least 4 members (excludes halogenated alkanes) is 4. The van der Waals surface area contributed by atoms with E-state index in [-0.39, 0.29) is 0 Å². The van der Waals surface area contributed by atoms with E-state index in [1.807, 2.05) is 0 Å². The molecule has 0 bridgehead atoms. The van der Waals surface area contributed by atoms with Crippen molar-refractivity contribution in [3.8, 4) is 0 Å². The van der Waals surface area contributed by atoms with Gasteiger partial charge in [0.25, 0.3) is 0 Å². The van der Waals surface area contributed by atoms with Gasteiger partial charge in [-0.1, -0.05) is 75.3 Å². The lowest BCUT2D eigenvalue weighted by Crippen LogP contribution is -1.95. The second-order valence-corrected chi connectivity index (χ2v) is 6.88. The van der Waals surface area contributed by atoms with Gasteiger partial charge in [-0.05, 0) is 51.4 Å². The van der Waals surface area contributed by atoms with Crippen LogP contribution in [0, 0.1) is 0 Å². The SMILES string of the molecule is CCCCC/C=C\C/C=C\C/C=C\C/C=C\CCCC(=O)CCC.O=S(=O)=O. The summed E-state index contributed by atoms with van der Waals surface area (Å²) in [6.45, 7) is 4.30. The Morgan fingerprint density at radius 2 is 1.04 bits per heavy atom. The van der Waals surface area contributed by atoms with Crippen molar-refractivity contribution >= 4 is 16.4 Å². The first-order valence-corrected chi connectivity index (χ1v) is 11.4. The van der Waals surface area contributed by atoms with Gasteiger partial charge in [0.1, 0.15) is 5.78 Å². The Morgan fingerprint density at radius 1 is 0.607 bits per heavy atom. The van der Waals surface area contributed by atoms with Crippen LogP contribution in [-0.4, -0.2) is 18.4 Å². The third kappa shape index (κ3) is 32.0. The van der Waals surface area contributed by atoms with E-state index in [1.165, 1.54) is 25.7 Å². The Hall–Kier alpha value is -1.75. The highest BCUT2D eigenvalue weighted by atomic mass is 32.2. The maximum Gasteiger partial charge on any atom is 0.425 e. The summed E-state index contributed by atoms with van der Waals surface area (Å²) in [7, 11) is -3.11. The van der Waals surface area contributed by atoms with Gasteiger partial charge in [0.2, 0.25) is 0 Å². The molecule has 0 spiro atoms. The van der Waals surface area contributed by atoms with E-state index < -0.39 is 10.6 Å². The van der Waals surface area contributed by atoms with Crippen molar-refractivity contribution in [2.24, 2.45) is 0 Å². The molecule has 0 atom stereocenters. The van der Waals surface area contributed by atoms with E-state index in [4.69, 9.17) is 12.6 Å². The topological polar surface area (TPSA) is 68.3 Å². The number of carbonyl (C=O) groups excluding carboxylic acids is 1. The fourth-order valence-corrected chi connectivity index (χ4v) is 2.38. The number of Topliss-reactive ketones (excluding diaryl/α,β-unsaturated/α-hetero) is 1. The lowest BCUT2D eigenvalue weighted by atomic mass is 10.1. The molecule has 0 aromatic carbocycles. The van der Waals surface area contributed by atoms with Crippen LogP contribution >= 0.6 is 0 Å². The summed E-state index contributed by atoms with van der Waals surface area (Å²) in [5, 5.41) is 0. The second kappa shape index (κ2) is 25.2. The minimum atomic E-state index is -3.11. The van der Waals surface area contributed by atoms with Crippen molar-refractivity contribution < 1.29 is 17.4 Å². The minimum absolute atomic E-state index is 0.411. The molecule has 0 aromatic heterocycles. The molecule has 28 heavy (non-hydrogen) atoms. The first-order valence-electron chi connectivity index (χ1n) is 10.4. The molecule has 0 rings (SSSR count). The zero-order valence-electron chi connectivity index (χ0n) is 17.6. The lowest BCUT2D eigenvalue weighted by Gasteiger charge is -1.95. The van der Waals surface area contributed by atoms with Crippen molar-refractivity contribution in [1.29, 1.82) is 0 Å². The molecule has 0 radical (unpaired) electrons. The summed E-state index contributed by atoms with van der Waals surface area (Å²) in [4.78, 5) is 11.4. The van der Waals surface area contributed by atoms with Crippen LogP contribution in [0.2, 0.25) is 0 Å². The van der Waals surface area contributed by atoms with Crippen molar-refractivity contribution in [1.82, 2.24) is 0 Å². The van der Waals surface area contributed by atoms with Crippen LogP contribution < -0.4 is 0 Å². The van der Waals surface area contributed by atoms with Crippen LogP contribution in [-0.2, 0) is 15.4 Å². The van der Waals surface area contributed by atoms with Crippen LogP contribution in [0.15, 0.2) is 48.6 Å². The molecule has 0 N–H and O–H groups in total. The summed E-state index contributed by atoms with van der Waals surface area (Å²) in [5.74, 6) is 0.411. The van der Waals surface area contributed by atoms with E-state index in [2.05, 4.69) is 62.5 Å². The number of allylic oxidation sites excluding steroid dienone is 8. The predicted octanol–water partition coefficient (Wildman–Crippen LogP) is 6.50. The minimum Gasteiger partial charge on any atom is -0.300 e. The van der Waals surface area contributed by atoms with Gasteiger partial charge in [0, 0.05) is 12.8 Å². The van der Waals surface area contributed by atoms with Gasteiger partial charge in [-0.25, -0.2) is 0 Å². The van der Waals surface area contributed by atoms with Gasteiger partial charge in [0.15, 0.2) is 0 Å². The Balaban J connectivity index is 0. The first-order chi connectivity index (χ1) is 13.5. The monoisotopic (exact) mass is 410 g/mol. The average molecular weight is 411 g/mol. The Labute approximate surface area is 173 Å². The van der Waals surface area contributed by atoms with E-state index in [1.54, 1.807) is 0 Å². The van der Waals surface area contributed by atoms with Crippen molar-refractivity contribution in [2.45, 2.75) is 90.9 Å². The zero-order chi connectivity index (χ0) is 21.3. The fourth-order valence-electron chi connectivity index (χ4n) is 2.38. The van der Waals surface area contributed by atoms with Gasteiger partial charge in [0.05, 0.1) is 0 Å².